The number of hydrogen-bond donors (Lipinski definition) is 2. The fraction of sp³-hybridized carbons (Fsp3) is 0.588. The highest BCUT2D eigenvalue weighted by atomic mass is 32.2. The van der Waals surface area contributed by atoms with Gasteiger partial charge in [-0.2, -0.15) is 11.8 Å². The topological polar surface area (TPSA) is 69.6 Å². The van der Waals surface area contributed by atoms with Gasteiger partial charge in [0, 0.05) is 23.7 Å². The highest BCUT2D eigenvalue weighted by molar-refractivity contribution is 7.98. The van der Waals surface area contributed by atoms with Crippen molar-refractivity contribution in [2.45, 2.75) is 109 Å². The van der Waals surface area contributed by atoms with Crippen LogP contribution in [0.25, 0.3) is 11.1 Å². The van der Waals surface area contributed by atoms with Crippen molar-refractivity contribution >= 4 is 23.6 Å². The molecule has 1 amide bonds. The fourth-order valence-corrected chi connectivity index (χ4v) is 7.40. The molecule has 2 aliphatic rings. The Balaban J connectivity index is 1.64. The molecule has 0 heterocycles. The second-order valence-corrected chi connectivity index (χ2v) is 13.3. The third kappa shape index (κ3) is 7.30. The number of rotatable bonds is 13. The summed E-state index contributed by atoms with van der Waals surface area (Å²) in [6, 6.07) is 13.8. The number of thioether (sulfide) groups is 1. The van der Waals surface area contributed by atoms with Gasteiger partial charge in [-0.3, -0.25) is 9.69 Å². The van der Waals surface area contributed by atoms with Crippen molar-refractivity contribution < 1.29 is 14.7 Å². The number of aliphatic carboxylic acids is 1. The summed E-state index contributed by atoms with van der Waals surface area (Å²) >= 11 is 1.58. The molecule has 0 spiro atoms. The molecule has 4 rings (SSSR count). The van der Waals surface area contributed by atoms with Gasteiger partial charge in [0.2, 0.25) is 0 Å². The molecule has 5 nitrogen and oxygen atoms in total. The highest BCUT2D eigenvalue weighted by Gasteiger charge is 2.44. The first-order valence-electron chi connectivity index (χ1n) is 15.2. The van der Waals surface area contributed by atoms with E-state index in [1.807, 2.05) is 24.5 Å². The van der Waals surface area contributed by atoms with E-state index in [2.05, 4.69) is 55.3 Å². The number of aryl methyl sites for hydroxylation is 1. The molecule has 2 saturated carbocycles. The van der Waals surface area contributed by atoms with Crippen LogP contribution in [0.1, 0.15) is 99.5 Å². The van der Waals surface area contributed by atoms with Gasteiger partial charge >= 0.3 is 5.97 Å². The minimum Gasteiger partial charge on any atom is -0.480 e. The van der Waals surface area contributed by atoms with Crippen LogP contribution in [-0.4, -0.2) is 51.5 Å². The largest absolute Gasteiger partial charge is 0.480 e. The lowest BCUT2D eigenvalue weighted by Gasteiger charge is -2.54. The summed E-state index contributed by atoms with van der Waals surface area (Å²) in [5.41, 5.74) is 5.00. The van der Waals surface area contributed by atoms with E-state index in [0.29, 0.717) is 23.8 Å². The quantitative estimate of drug-likeness (QED) is 0.261. The van der Waals surface area contributed by atoms with Gasteiger partial charge in [-0.15, -0.1) is 0 Å². The Morgan fingerprint density at radius 2 is 1.77 bits per heavy atom. The predicted octanol–water partition coefficient (Wildman–Crippen LogP) is 7.70. The monoisotopic (exact) mass is 564 g/mol. The van der Waals surface area contributed by atoms with Crippen LogP contribution in [0.5, 0.6) is 0 Å². The molecule has 2 aliphatic carbocycles. The Kier molecular flexibility index (Phi) is 10.8. The van der Waals surface area contributed by atoms with E-state index >= 15 is 0 Å². The van der Waals surface area contributed by atoms with Crippen LogP contribution in [0.3, 0.4) is 0 Å². The lowest BCUT2D eigenvalue weighted by molar-refractivity contribution is -0.139. The number of carboxylic acid groups (broad SMARTS) is 1. The summed E-state index contributed by atoms with van der Waals surface area (Å²) in [6.45, 7) is 7.57. The molecule has 0 saturated heterocycles. The minimum absolute atomic E-state index is 0.279. The fourth-order valence-electron chi connectivity index (χ4n) is 6.93. The Morgan fingerprint density at radius 3 is 2.38 bits per heavy atom. The first kappa shape index (κ1) is 30.6. The lowest BCUT2D eigenvalue weighted by Crippen LogP contribution is -2.57. The smallest absolute Gasteiger partial charge is 0.326 e. The van der Waals surface area contributed by atoms with Crippen LogP contribution >= 0.6 is 11.8 Å². The van der Waals surface area contributed by atoms with Crippen molar-refractivity contribution in [1.82, 2.24) is 10.2 Å². The zero-order chi connectivity index (χ0) is 28.7. The summed E-state index contributed by atoms with van der Waals surface area (Å²) in [5.74, 6) is 0.200. The number of nitrogens with one attached hydrogen (secondary N) is 1. The van der Waals surface area contributed by atoms with E-state index in [9.17, 15) is 14.7 Å². The van der Waals surface area contributed by atoms with Gasteiger partial charge in [-0.1, -0.05) is 62.4 Å². The van der Waals surface area contributed by atoms with E-state index in [4.69, 9.17) is 0 Å². The maximum absolute atomic E-state index is 13.5. The molecular weight excluding hydrogens is 516 g/mol. The third-order valence-electron chi connectivity index (χ3n) is 9.24. The first-order chi connectivity index (χ1) is 19.2. The van der Waals surface area contributed by atoms with Gasteiger partial charge in [0.1, 0.15) is 6.04 Å². The van der Waals surface area contributed by atoms with Gasteiger partial charge in [0.25, 0.3) is 5.91 Å². The molecule has 0 aromatic heterocycles. The van der Waals surface area contributed by atoms with E-state index < -0.39 is 12.0 Å². The summed E-state index contributed by atoms with van der Waals surface area (Å²) in [6.07, 6.45) is 14.4. The lowest BCUT2D eigenvalue weighted by atomic mass is 9.67. The molecule has 1 atom stereocenters. The molecule has 0 bridgehead atoms. The SMILES string of the molecule is CSCC[C@H](NC(=O)c1ccc(CN(C(C)C)C2(CC3CCCCC3)CCC2)cc1-c1ccccc1C)C(=O)O. The minimum atomic E-state index is -0.993. The molecule has 2 aromatic carbocycles. The average molecular weight is 565 g/mol. The van der Waals surface area contributed by atoms with Gasteiger partial charge in [0.15, 0.2) is 0 Å². The Hall–Kier alpha value is -2.31. The highest BCUT2D eigenvalue weighted by Crippen LogP contribution is 2.47. The average Bonchev–Trinajstić information content (AvgIpc) is 2.92. The molecule has 2 N–H and O–H groups in total. The van der Waals surface area contributed by atoms with E-state index in [1.165, 1.54) is 63.4 Å². The Bertz CT molecular complexity index is 1150. The standard InChI is InChI=1S/C34H48N2O3S/c1-24(2)36(34(18-10-19-34)22-26-12-6-5-7-13-26)23-27-15-16-29(30(21-27)28-14-9-8-11-25(28)3)32(37)35-31(33(38)39)17-20-40-4/h8-9,11,14-16,21,24,26,31H,5-7,10,12-13,17-20,22-23H2,1-4H3,(H,35,37)(H,38,39)/t31-/m0/s1. The molecule has 2 fully saturated rings. The van der Waals surface area contributed by atoms with Crippen LogP contribution in [0.2, 0.25) is 0 Å². The van der Waals surface area contributed by atoms with Crippen molar-refractivity contribution in [3.63, 3.8) is 0 Å². The van der Waals surface area contributed by atoms with Gasteiger partial charge < -0.3 is 10.4 Å². The van der Waals surface area contributed by atoms with E-state index in [0.717, 1.165) is 29.2 Å². The Labute approximate surface area is 245 Å². The van der Waals surface area contributed by atoms with Crippen LogP contribution in [0.15, 0.2) is 42.5 Å². The molecule has 218 valence electrons. The van der Waals surface area contributed by atoms with Crippen molar-refractivity contribution in [2.24, 2.45) is 5.92 Å². The predicted molar refractivity (Wildman–Crippen MR) is 167 cm³/mol. The summed E-state index contributed by atoms with van der Waals surface area (Å²) in [4.78, 5) is 28.1. The van der Waals surface area contributed by atoms with Crippen LogP contribution in [0, 0.1) is 12.8 Å². The molecule has 0 unspecified atom stereocenters. The van der Waals surface area contributed by atoms with Crippen molar-refractivity contribution in [3.8, 4) is 11.1 Å². The van der Waals surface area contributed by atoms with Gasteiger partial charge in [-0.05, 0) is 105 Å². The third-order valence-corrected chi connectivity index (χ3v) is 9.89. The second kappa shape index (κ2) is 14.0. The first-order valence-corrected chi connectivity index (χ1v) is 16.6. The van der Waals surface area contributed by atoms with Gasteiger partial charge in [0.05, 0.1) is 0 Å². The van der Waals surface area contributed by atoms with Crippen LogP contribution in [0.4, 0.5) is 0 Å². The number of hydrogen-bond acceptors (Lipinski definition) is 4. The molecule has 0 aliphatic heterocycles. The van der Waals surface area contributed by atoms with Crippen molar-refractivity contribution in [3.05, 3.63) is 59.2 Å². The van der Waals surface area contributed by atoms with Gasteiger partial charge in [-0.25, -0.2) is 4.79 Å². The zero-order valence-electron chi connectivity index (χ0n) is 24.9. The maximum Gasteiger partial charge on any atom is 0.326 e. The Morgan fingerprint density at radius 1 is 1.05 bits per heavy atom. The van der Waals surface area contributed by atoms with Crippen LogP contribution in [-0.2, 0) is 11.3 Å². The second-order valence-electron chi connectivity index (χ2n) is 12.3. The number of carbonyl (C=O) groups is 2. The number of nitrogens with zero attached hydrogens (tertiary/aromatic N) is 1. The molecule has 40 heavy (non-hydrogen) atoms. The molecular formula is C34H48N2O3S. The zero-order valence-corrected chi connectivity index (χ0v) is 25.7. The van der Waals surface area contributed by atoms with Crippen molar-refractivity contribution in [1.29, 1.82) is 0 Å². The maximum atomic E-state index is 13.5. The number of benzene rings is 2. The molecule has 2 aromatic rings. The molecule has 6 heteroatoms. The summed E-state index contributed by atoms with van der Waals surface area (Å²) < 4.78 is 0. The van der Waals surface area contributed by atoms with Crippen LogP contribution < -0.4 is 5.32 Å². The normalized spacial score (nSPS) is 17.9. The van der Waals surface area contributed by atoms with Crippen molar-refractivity contribution in [2.75, 3.05) is 12.0 Å². The van der Waals surface area contributed by atoms with E-state index in [1.54, 1.807) is 11.8 Å². The number of carboxylic acids is 1. The molecule has 0 radical (unpaired) electrons. The number of carbonyl (C=O) groups excluding carboxylic acids is 1. The summed E-state index contributed by atoms with van der Waals surface area (Å²) in [7, 11) is 0. The van der Waals surface area contributed by atoms with E-state index in [-0.39, 0.29) is 11.4 Å². The number of amides is 1. The summed E-state index contributed by atoms with van der Waals surface area (Å²) in [5, 5.41) is 12.5.